The van der Waals surface area contributed by atoms with Gasteiger partial charge in [-0.3, -0.25) is 0 Å². The largest absolute Gasteiger partial charge is 0.488 e. The predicted molar refractivity (Wildman–Crippen MR) is 66.7 cm³/mol. The summed E-state index contributed by atoms with van der Waals surface area (Å²) in [6.07, 6.45) is 0.269. The Kier molecular flexibility index (Phi) is 4.36. The summed E-state index contributed by atoms with van der Waals surface area (Å²) in [6.45, 7) is 10.9. The quantitative estimate of drug-likeness (QED) is 0.771. The van der Waals surface area contributed by atoms with Crippen molar-refractivity contribution in [2.45, 2.75) is 52.9 Å². The standard InChI is InChI=1S/C14H22O2/c1-11(2)15-10-12-6-8-13(9-7-12)16-14(3,4)5/h6-9,11H,10H2,1-5H3. The second-order valence-electron chi connectivity index (χ2n) is 5.22. The molecule has 0 heterocycles. The first-order valence-electron chi connectivity index (χ1n) is 5.76. The van der Waals surface area contributed by atoms with Gasteiger partial charge in [-0.1, -0.05) is 12.1 Å². The van der Waals surface area contributed by atoms with Crippen LogP contribution in [-0.2, 0) is 11.3 Å². The van der Waals surface area contributed by atoms with E-state index in [4.69, 9.17) is 9.47 Å². The molecule has 2 heteroatoms. The summed E-state index contributed by atoms with van der Waals surface area (Å²) in [5.74, 6) is 0.904. The number of hydrogen-bond donors (Lipinski definition) is 0. The molecule has 0 aliphatic heterocycles. The molecule has 0 aromatic heterocycles. The van der Waals surface area contributed by atoms with Crippen LogP contribution >= 0.6 is 0 Å². The number of hydrogen-bond acceptors (Lipinski definition) is 2. The molecule has 2 nitrogen and oxygen atoms in total. The van der Waals surface area contributed by atoms with Gasteiger partial charge in [-0.15, -0.1) is 0 Å². The van der Waals surface area contributed by atoms with E-state index in [1.54, 1.807) is 0 Å². The lowest BCUT2D eigenvalue weighted by Gasteiger charge is -2.21. The van der Waals surface area contributed by atoms with Crippen molar-refractivity contribution in [1.82, 2.24) is 0 Å². The molecular weight excluding hydrogens is 200 g/mol. The Morgan fingerprint density at radius 3 is 2.06 bits per heavy atom. The third-order valence-corrected chi connectivity index (χ3v) is 1.93. The maximum atomic E-state index is 5.74. The third kappa shape index (κ3) is 5.17. The van der Waals surface area contributed by atoms with E-state index in [1.807, 2.05) is 58.9 Å². The van der Waals surface area contributed by atoms with Crippen LogP contribution in [-0.4, -0.2) is 11.7 Å². The fourth-order valence-electron chi connectivity index (χ4n) is 1.27. The van der Waals surface area contributed by atoms with Gasteiger partial charge in [0.05, 0.1) is 12.7 Å². The summed E-state index contributed by atoms with van der Waals surface area (Å²) >= 11 is 0. The maximum absolute atomic E-state index is 5.74. The topological polar surface area (TPSA) is 18.5 Å². The highest BCUT2D eigenvalue weighted by Crippen LogP contribution is 2.18. The van der Waals surface area contributed by atoms with Crippen LogP contribution in [0.1, 0.15) is 40.2 Å². The second-order valence-corrected chi connectivity index (χ2v) is 5.22. The van der Waals surface area contributed by atoms with E-state index in [2.05, 4.69) is 0 Å². The first-order valence-corrected chi connectivity index (χ1v) is 5.76. The highest BCUT2D eigenvalue weighted by atomic mass is 16.5. The van der Waals surface area contributed by atoms with E-state index in [0.29, 0.717) is 6.61 Å². The zero-order valence-electron chi connectivity index (χ0n) is 10.9. The molecule has 0 N–H and O–H groups in total. The molecule has 0 bridgehead atoms. The molecule has 16 heavy (non-hydrogen) atoms. The van der Waals surface area contributed by atoms with E-state index < -0.39 is 0 Å². The van der Waals surface area contributed by atoms with E-state index in [9.17, 15) is 0 Å². The predicted octanol–water partition coefficient (Wildman–Crippen LogP) is 3.79. The van der Waals surface area contributed by atoms with Gasteiger partial charge in [0, 0.05) is 0 Å². The molecule has 1 rings (SSSR count). The van der Waals surface area contributed by atoms with Crippen LogP contribution < -0.4 is 4.74 Å². The van der Waals surface area contributed by atoms with Crippen molar-refractivity contribution in [3.63, 3.8) is 0 Å². The molecule has 0 saturated carbocycles. The molecule has 0 radical (unpaired) electrons. The fourth-order valence-corrected chi connectivity index (χ4v) is 1.27. The van der Waals surface area contributed by atoms with Crippen LogP contribution in [0.4, 0.5) is 0 Å². The molecule has 0 aliphatic rings. The first-order chi connectivity index (χ1) is 7.37. The average molecular weight is 222 g/mol. The Morgan fingerprint density at radius 2 is 1.62 bits per heavy atom. The summed E-state index contributed by atoms with van der Waals surface area (Å²) in [6, 6.07) is 8.07. The van der Waals surface area contributed by atoms with Gasteiger partial charge in [-0.25, -0.2) is 0 Å². The monoisotopic (exact) mass is 222 g/mol. The van der Waals surface area contributed by atoms with Crippen LogP contribution in [0.15, 0.2) is 24.3 Å². The van der Waals surface area contributed by atoms with Crippen LogP contribution in [0, 0.1) is 0 Å². The molecule has 90 valence electrons. The average Bonchev–Trinajstić information content (AvgIpc) is 2.14. The Balaban J connectivity index is 2.54. The van der Waals surface area contributed by atoms with Crippen molar-refractivity contribution < 1.29 is 9.47 Å². The molecule has 1 aromatic carbocycles. The lowest BCUT2D eigenvalue weighted by Crippen LogP contribution is -2.22. The van der Waals surface area contributed by atoms with Crippen molar-refractivity contribution >= 4 is 0 Å². The van der Waals surface area contributed by atoms with Gasteiger partial charge < -0.3 is 9.47 Å². The summed E-state index contributed by atoms with van der Waals surface area (Å²) in [7, 11) is 0. The first kappa shape index (κ1) is 13.0. The molecule has 0 unspecified atom stereocenters. The summed E-state index contributed by atoms with van der Waals surface area (Å²) in [5.41, 5.74) is 1.03. The van der Waals surface area contributed by atoms with Crippen LogP contribution in [0.2, 0.25) is 0 Å². The fraction of sp³-hybridized carbons (Fsp3) is 0.571. The molecule has 0 atom stereocenters. The van der Waals surface area contributed by atoms with Crippen molar-refractivity contribution in [3.8, 4) is 5.75 Å². The van der Waals surface area contributed by atoms with Gasteiger partial charge >= 0.3 is 0 Å². The smallest absolute Gasteiger partial charge is 0.120 e. The summed E-state index contributed by atoms with van der Waals surface area (Å²) in [5, 5.41) is 0. The van der Waals surface area contributed by atoms with Crippen molar-refractivity contribution in [1.29, 1.82) is 0 Å². The Labute approximate surface area is 98.6 Å². The zero-order chi connectivity index (χ0) is 12.2. The maximum Gasteiger partial charge on any atom is 0.120 e. The molecule has 0 spiro atoms. The van der Waals surface area contributed by atoms with Gasteiger partial charge in [0.1, 0.15) is 11.4 Å². The number of ether oxygens (including phenoxy) is 2. The van der Waals surface area contributed by atoms with E-state index in [0.717, 1.165) is 5.75 Å². The Morgan fingerprint density at radius 1 is 1.06 bits per heavy atom. The molecule has 1 aromatic rings. The van der Waals surface area contributed by atoms with Crippen LogP contribution in [0.5, 0.6) is 5.75 Å². The number of rotatable bonds is 4. The Bertz CT molecular complexity index is 307. The zero-order valence-corrected chi connectivity index (χ0v) is 10.9. The molecule has 0 saturated heterocycles. The minimum atomic E-state index is -0.143. The summed E-state index contributed by atoms with van der Waals surface area (Å²) < 4.78 is 11.3. The molecule has 0 amide bonds. The van der Waals surface area contributed by atoms with Gasteiger partial charge in [-0.2, -0.15) is 0 Å². The van der Waals surface area contributed by atoms with Gasteiger partial charge in [0.2, 0.25) is 0 Å². The molecule has 0 fully saturated rings. The van der Waals surface area contributed by atoms with Gasteiger partial charge in [0.25, 0.3) is 0 Å². The van der Waals surface area contributed by atoms with Crippen LogP contribution in [0.3, 0.4) is 0 Å². The van der Waals surface area contributed by atoms with Crippen molar-refractivity contribution in [3.05, 3.63) is 29.8 Å². The molecular formula is C14H22O2. The normalized spacial score (nSPS) is 11.9. The lowest BCUT2D eigenvalue weighted by atomic mass is 10.2. The van der Waals surface area contributed by atoms with Crippen LogP contribution in [0.25, 0.3) is 0 Å². The second kappa shape index (κ2) is 5.35. The minimum Gasteiger partial charge on any atom is -0.488 e. The SMILES string of the molecule is CC(C)OCc1ccc(OC(C)(C)C)cc1. The van der Waals surface area contributed by atoms with Crippen molar-refractivity contribution in [2.24, 2.45) is 0 Å². The highest BCUT2D eigenvalue weighted by molar-refractivity contribution is 5.27. The van der Waals surface area contributed by atoms with E-state index >= 15 is 0 Å². The highest BCUT2D eigenvalue weighted by Gasteiger charge is 2.11. The van der Waals surface area contributed by atoms with Gasteiger partial charge in [0.15, 0.2) is 0 Å². The summed E-state index contributed by atoms with van der Waals surface area (Å²) in [4.78, 5) is 0. The minimum absolute atomic E-state index is 0.143. The molecule has 0 aliphatic carbocycles. The van der Waals surface area contributed by atoms with Crippen molar-refractivity contribution in [2.75, 3.05) is 0 Å². The van der Waals surface area contributed by atoms with Gasteiger partial charge in [-0.05, 0) is 52.3 Å². The van der Waals surface area contributed by atoms with E-state index in [-0.39, 0.29) is 11.7 Å². The number of benzene rings is 1. The Hall–Kier alpha value is -1.02. The lowest BCUT2D eigenvalue weighted by molar-refractivity contribution is 0.0656. The third-order valence-electron chi connectivity index (χ3n) is 1.93. The van der Waals surface area contributed by atoms with E-state index in [1.165, 1.54) is 5.56 Å².